The molecule has 3 rings (SSSR count). The average molecular weight is 330 g/mol. The lowest BCUT2D eigenvalue weighted by Gasteiger charge is -2.30. The summed E-state index contributed by atoms with van der Waals surface area (Å²) >= 11 is 0. The summed E-state index contributed by atoms with van der Waals surface area (Å²) in [4.78, 5) is 26.0. The second-order valence-corrected chi connectivity index (χ2v) is 6.41. The summed E-state index contributed by atoms with van der Waals surface area (Å²) in [7, 11) is 1.38. The van der Waals surface area contributed by atoms with E-state index in [9.17, 15) is 9.59 Å². The molecular weight excluding hydrogens is 306 g/mol. The van der Waals surface area contributed by atoms with Gasteiger partial charge in [-0.1, -0.05) is 24.3 Å². The third-order valence-electron chi connectivity index (χ3n) is 4.80. The number of hydrogen-bond donors (Lipinski definition) is 3. The first-order valence-electron chi connectivity index (χ1n) is 8.38. The highest BCUT2D eigenvalue weighted by Gasteiger charge is 2.35. The topological polar surface area (TPSA) is 71.9 Å². The van der Waals surface area contributed by atoms with Gasteiger partial charge in [0.05, 0.1) is 37.5 Å². The van der Waals surface area contributed by atoms with Crippen molar-refractivity contribution in [1.82, 2.24) is 10.6 Å². The third kappa shape index (κ3) is 3.28. The molecule has 2 amide bonds. The smallest absolute Gasteiger partial charge is 0.338 e. The summed E-state index contributed by atoms with van der Waals surface area (Å²) in [5.74, 6) is -0.399. The predicted octanol–water partition coefficient (Wildman–Crippen LogP) is 0.455. The Balaban J connectivity index is 2.03. The number of rotatable bonds is 4. The highest BCUT2D eigenvalue weighted by atomic mass is 16.5. The van der Waals surface area contributed by atoms with Crippen LogP contribution in [0.15, 0.2) is 35.5 Å². The first kappa shape index (κ1) is 16.5. The summed E-state index contributed by atoms with van der Waals surface area (Å²) in [6.07, 6.45) is 2.37. The molecule has 2 heterocycles. The molecule has 0 saturated carbocycles. The Labute approximate surface area is 141 Å². The van der Waals surface area contributed by atoms with Gasteiger partial charge >= 0.3 is 12.0 Å². The number of amides is 2. The number of aryl methyl sites for hydroxylation is 1. The summed E-state index contributed by atoms with van der Waals surface area (Å²) in [5, 5.41) is 5.71. The van der Waals surface area contributed by atoms with E-state index in [0.29, 0.717) is 17.8 Å². The quantitative estimate of drug-likeness (QED) is 0.702. The number of nitrogens with one attached hydrogen (secondary N) is 3. The van der Waals surface area contributed by atoms with E-state index in [1.807, 2.05) is 31.2 Å². The third-order valence-corrected chi connectivity index (χ3v) is 4.80. The summed E-state index contributed by atoms with van der Waals surface area (Å²) in [5.41, 5.74) is 3.13. The fourth-order valence-corrected chi connectivity index (χ4v) is 3.55. The van der Waals surface area contributed by atoms with Gasteiger partial charge in [-0.25, -0.2) is 9.59 Å². The fraction of sp³-hybridized carbons (Fsp3) is 0.444. The molecule has 0 spiro atoms. The molecule has 6 heteroatoms. The van der Waals surface area contributed by atoms with E-state index in [1.165, 1.54) is 24.9 Å². The van der Waals surface area contributed by atoms with Crippen LogP contribution in [0.4, 0.5) is 4.79 Å². The standard InChI is InChI=1S/C18H23N3O3/c1-12-7-3-4-8-13(12)16-15(17(22)24-2)14(19-18(23)20-16)11-21-9-5-6-10-21/h3-4,7-8,16H,5-6,9-11H2,1-2H3,(H2,19,20,23)/p+1/t16-/m1/s1. The molecule has 6 nitrogen and oxygen atoms in total. The van der Waals surface area contributed by atoms with Crippen molar-refractivity contribution in [3.8, 4) is 0 Å². The SMILES string of the molecule is COC(=O)C1=C(C[NH+]2CCCC2)NC(=O)N[C@@H]1c1ccccc1C. The summed E-state index contributed by atoms with van der Waals surface area (Å²) in [6, 6.07) is 7.02. The molecule has 2 aliphatic rings. The predicted molar refractivity (Wildman–Crippen MR) is 89.4 cm³/mol. The summed E-state index contributed by atoms with van der Waals surface area (Å²) in [6.45, 7) is 4.75. The monoisotopic (exact) mass is 330 g/mol. The molecule has 0 bridgehead atoms. The van der Waals surface area contributed by atoms with Gasteiger partial charge in [0.1, 0.15) is 6.54 Å². The molecule has 1 fully saturated rings. The second-order valence-electron chi connectivity index (χ2n) is 6.41. The Bertz CT molecular complexity index is 678. The van der Waals surface area contributed by atoms with Crippen LogP contribution in [-0.4, -0.2) is 38.7 Å². The van der Waals surface area contributed by atoms with Gasteiger partial charge in [0.2, 0.25) is 0 Å². The zero-order valence-electron chi connectivity index (χ0n) is 14.1. The van der Waals surface area contributed by atoms with Crippen LogP contribution in [0.1, 0.15) is 30.0 Å². The molecule has 1 aromatic rings. The lowest BCUT2D eigenvalue weighted by molar-refractivity contribution is -0.882. The molecule has 3 N–H and O–H groups in total. The van der Waals surface area contributed by atoms with Crippen LogP contribution < -0.4 is 15.5 Å². The molecular formula is C18H24N3O3+. The van der Waals surface area contributed by atoms with Crippen LogP contribution in [0, 0.1) is 6.92 Å². The first-order valence-corrected chi connectivity index (χ1v) is 8.38. The van der Waals surface area contributed by atoms with E-state index >= 15 is 0 Å². The van der Waals surface area contributed by atoms with E-state index in [-0.39, 0.29) is 6.03 Å². The van der Waals surface area contributed by atoms with Crippen LogP contribution in [0.2, 0.25) is 0 Å². The van der Waals surface area contributed by atoms with E-state index in [4.69, 9.17) is 4.74 Å². The zero-order chi connectivity index (χ0) is 17.1. The molecule has 1 aromatic carbocycles. The van der Waals surface area contributed by atoms with Gasteiger partial charge in [-0.05, 0) is 18.1 Å². The number of hydrogen-bond acceptors (Lipinski definition) is 3. The van der Waals surface area contributed by atoms with Gasteiger partial charge in [0, 0.05) is 12.8 Å². The van der Waals surface area contributed by atoms with Crippen molar-refractivity contribution in [1.29, 1.82) is 0 Å². The van der Waals surface area contributed by atoms with Crippen molar-refractivity contribution in [3.05, 3.63) is 46.7 Å². The van der Waals surface area contributed by atoms with Gasteiger partial charge in [-0.15, -0.1) is 0 Å². The summed E-state index contributed by atoms with van der Waals surface area (Å²) < 4.78 is 5.01. The molecule has 0 aliphatic carbocycles. The van der Waals surface area contributed by atoms with Crippen LogP contribution >= 0.6 is 0 Å². The number of likely N-dealkylation sites (tertiary alicyclic amines) is 1. The lowest BCUT2D eigenvalue weighted by Crippen LogP contribution is -3.10. The van der Waals surface area contributed by atoms with Crippen LogP contribution in [0.3, 0.4) is 0 Å². The number of benzene rings is 1. The fourth-order valence-electron chi connectivity index (χ4n) is 3.55. The molecule has 128 valence electrons. The number of urea groups is 1. The minimum atomic E-state index is -0.482. The maximum absolute atomic E-state index is 12.5. The van der Waals surface area contributed by atoms with Crippen molar-refractivity contribution >= 4 is 12.0 Å². The van der Waals surface area contributed by atoms with Crippen molar-refractivity contribution in [3.63, 3.8) is 0 Å². The number of quaternary nitrogens is 1. The van der Waals surface area contributed by atoms with Crippen LogP contribution in [-0.2, 0) is 9.53 Å². The highest BCUT2D eigenvalue weighted by Crippen LogP contribution is 2.29. The highest BCUT2D eigenvalue weighted by molar-refractivity contribution is 5.95. The molecule has 0 unspecified atom stereocenters. The number of esters is 1. The molecule has 2 aliphatic heterocycles. The normalized spacial score (nSPS) is 21.4. The minimum Gasteiger partial charge on any atom is -0.466 e. The van der Waals surface area contributed by atoms with Crippen molar-refractivity contribution in [2.45, 2.75) is 25.8 Å². The Hall–Kier alpha value is -2.34. The van der Waals surface area contributed by atoms with Gasteiger partial charge in [-0.3, -0.25) is 0 Å². The minimum absolute atomic E-state index is 0.274. The number of methoxy groups -OCH3 is 1. The Morgan fingerprint density at radius 3 is 2.67 bits per heavy atom. The Morgan fingerprint density at radius 2 is 2.00 bits per heavy atom. The van der Waals surface area contributed by atoms with Gasteiger partial charge in [0.15, 0.2) is 0 Å². The Morgan fingerprint density at radius 1 is 1.29 bits per heavy atom. The second kappa shape index (κ2) is 7.05. The average Bonchev–Trinajstić information content (AvgIpc) is 3.07. The largest absolute Gasteiger partial charge is 0.466 e. The lowest BCUT2D eigenvalue weighted by atomic mass is 9.92. The number of carbonyl (C=O) groups excluding carboxylic acids is 2. The maximum Gasteiger partial charge on any atom is 0.338 e. The van der Waals surface area contributed by atoms with E-state index in [2.05, 4.69) is 10.6 Å². The molecule has 1 atom stereocenters. The maximum atomic E-state index is 12.5. The first-order chi connectivity index (χ1) is 11.6. The van der Waals surface area contributed by atoms with Crippen LogP contribution in [0.5, 0.6) is 0 Å². The van der Waals surface area contributed by atoms with E-state index in [1.54, 1.807) is 0 Å². The molecule has 24 heavy (non-hydrogen) atoms. The van der Waals surface area contributed by atoms with Gasteiger partial charge in [0.25, 0.3) is 0 Å². The number of ether oxygens (including phenoxy) is 1. The van der Waals surface area contributed by atoms with Crippen molar-refractivity contribution < 1.29 is 19.2 Å². The zero-order valence-corrected chi connectivity index (χ0v) is 14.1. The molecule has 1 saturated heterocycles. The van der Waals surface area contributed by atoms with E-state index in [0.717, 1.165) is 24.2 Å². The van der Waals surface area contributed by atoms with E-state index < -0.39 is 12.0 Å². The van der Waals surface area contributed by atoms with Crippen molar-refractivity contribution in [2.24, 2.45) is 0 Å². The van der Waals surface area contributed by atoms with Gasteiger partial charge in [-0.2, -0.15) is 0 Å². The van der Waals surface area contributed by atoms with Crippen LogP contribution in [0.25, 0.3) is 0 Å². The van der Waals surface area contributed by atoms with Gasteiger partial charge < -0.3 is 20.3 Å². The number of carbonyl (C=O) groups is 2. The Kier molecular flexibility index (Phi) is 4.85. The molecule has 0 aromatic heterocycles. The van der Waals surface area contributed by atoms with Crippen molar-refractivity contribution in [2.75, 3.05) is 26.7 Å². The molecule has 0 radical (unpaired) electrons.